The molecule has 3 aliphatic heterocycles. The van der Waals surface area contributed by atoms with Gasteiger partial charge in [0.2, 0.25) is 0 Å². The molecule has 2 atom stereocenters. The molecule has 0 amide bonds. The van der Waals surface area contributed by atoms with Gasteiger partial charge in [-0.2, -0.15) is 0 Å². The minimum atomic E-state index is 0. The smallest absolute Gasteiger partial charge is 0.194 e. The number of fused-ring (bicyclic) bond motifs is 1. The number of guanidine groups is 1. The number of aliphatic imine (C=N–C) groups is 1. The molecule has 0 aliphatic carbocycles. The van der Waals surface area contributed by atoms with E-state index in [4.69, 9.17) is 9.73 Å². The molecule has 2 unspecified atom stereocenters. The number of halogens is 1. The summed E-state index contributed by atoms with van der Waals surface area (Å²) in [4.78, 5) is 12.6. The number of benzene rings is 1. The van der Waals surface area contributed by atoms with Crippen molar-refractivity contribution in [2.24, 2.45) is 4.99 Å². The fraction of sp³-hybridized carbons (Fsp3) is 0.708. The Kier molecular flexibility index (Phi) is 10.3. The van der Waals surface area contributed by atoms with E-state index in [9.17, 15) is 0 Å². The second kappa shape index (κ2) is 13.0. The summed E-state index contributed by atoms with van der Waals surface area (Å²) in [5.74, 6) is 1.07. The normalized spacial score (nSPS) is 24.8. The van der Waals surface area contributed by atoms with Gasteiger partial charge < -0.3 is 19.9 Å². The molecular formula is C24H40IN5O. The van der Waals surface area contributed by atoms with Crippen molar-refractivity contribution in [1.29, 1.82) is 0 Å². The molecule has 0 radical (unpaired) electrons. The van der Waals surface area contributed by atoms with Gasteiger partial charge in [-0.3, -0.25) is 9.89 Å². The Labute approximate surface area is 205 Å². The van der Waals surface area contributed by atoms with Crippen LogP contribution in [0, 0.1) is 0 Å². The Morgan fingerprint density at radius 3 is 2.68 bits per heavy atom. The minimum absolute atomic E-state index is 0. The van der Waals surface area contributed by atoms with Gasteiger partial charge >= 0.3 is 0 Å². The van der Waals surface area contributed by atoms with Crippen molar-refractivity contribution in [3.05, 3.63) is 35.9 Å². The van der Waals surface area contributed by atoms with Crippen LogP contribution in [0.4, 0.5) is 0 Å². The van der Waals surface area contributed by atoms with E-state index >= 15 is 0 Å². The Morgan fingerprint density at radius 1 is 1.10 bits per heavy atom. The van der Waals surface area contributed by atoms with Crippen LogP contribution in [0.2, 0.25) is 0 Å². The number of nitrogens with one attached hydrogen (secondary N) is 1. The van der Waals surface area contributed by atoms with Crippen LogP contribution in [0.3, 0.4) is 0 Å². The highest BCUT2D eigenvalue weighted by Crippen LogP contribution is 2.24. The second-order valence-corrected chi connectivity index (χ2v) is 8.83. The van der Waals surface area contributed by atoms with E-state index < -0.39 is 0 Å². The van der Waals surface area contributed by atoms with Crippen molar-refractivity contribution in [3.63, 3.8) is 0 Å². The van der Waals surface area contributed by atoms with Crippen molar-refractivity contribution in [2.75, 3.05) is 59.0 Å². The van der Waals surface area contributed by atoms with Gasteiger partial charge in [0.15, 0.2) is 5.96 Å². The average Bonchev–Trinajstić information content (AvgIpc) is 3.44. The Balaban J connectivity index is 0.00000272. The first-order valence-corrected chi connectivity index (χ1v) is 12.0. The van der Waals surface area contributed by atoms with E-state index in [0.29, 0.717) is 6.04 Å². The van der Waals surface area contributed by atoms with Gasteiger partial charge in [0.1, 0.15) is 0 Å². The van der Waals surface area contributed by atoms with Crippen LogP contribution < -0.4 is 5.32 Å². The summed E-state index contributed by atoms with van der Waals surface area (Å²) in [6.07, 6.45) is 5.46. The first kappa shape index (κ1) is 24.7. The maximum absolute atomic E-state index is 6.16. The monoisotopic (exact) mass is 541 g/mol. The number of unbranched alkanes of at least 4 members (excludes halogenated alkanes) is 1. The number of rotatable bonds is 8. The summed E-state index contributed by atoms with van der Waals surface area (Å²) >= 11 is 0. The predicted octanol–water partition coefficient (Wildman–Crippen LogP) is 3.03. The molecule has 0 bridgehead atoms. The molecule has 31 heavy (non-hydrogen) atoms. The molecule has 6 nitrogen and oxygen atoms in total. The van der Waals surface area contributed by atoms with Gasteiger partial charge in [-0.25, -0.2) is 0 Å². The predicted molar refractivity (Wildman–Crippen MR) is 138 cm³/mol. The zero-order chi connectivity index (χ0) is 20.6. The van der Waals surface area contributed by atoms with Crippen LogP contribution in [0.5, 0.6) is 0 Å². The lowest BCUT2D eigenvalue weighted by Gasteiger charge is -2.36. The third kappa shape index (κ3) is 7.04. The summed E-state index contributed by atoms with van der Waals surface area (Å²) in [6.45, 7) is 12.6. The molecule has 0 aromatic heterocycles. The summed E-state index contributed by atoms with van der Waals surface area (Å²) in [7, 11) is 0. The van der Waals surface area contributed by atoms with Crippen molar-refractivity contribution in [2.45, 2.75) is 51.3 Å². The van der Waals surface area contributed by atoms with Gasteiger partial charge in [-0.15, -0.1) is 24.0 Å². The molecule has 1 aromatic rings. The van der Waals surface area contributed by atoms with E-state index in [1.807, 2.05) is 0 Å². The molecule has 0 saturated carbocycles. The van der Waals surface area contributed by atoms with Crippen molar-refractivity contribution in [3.8, 4) is 0 Å². The SMILES string of the molecule is CCNC(=NCCCCN1CCCC1)N1CC2OCCN(Cc3ccccc3)C2C1.I. The highest BCUT2D eigenvalue weighted by molar-refractivity contribution is 14.0. The van der Waals surface area contributed by atoms with Crippen molar-refractivity contribution in [1.82, 2.24) is 20.0 Å². The highest BCUT2D eigenvalue weighted by atomic mass is 127. The third-order valence-electron chi connectivity index (χ3n) is 6.62. The van der Waals surface area contributed by atoms with Crippen molar-refractivity contribution >= 4 is 29.9 Å². The molecule has 0 spiro atoms. The van der Waals surface area contributed by atoms with Crippen molar-refractivity contribution < 1.29 is 4.74 Å². The van der Waals surface area contributed by atoms with E-state index in [1.165, 1.54) is 50.9 Å². The highest BCUT2D eigenvalue weighted by Gasteiger charge is 2.41. The maximum atomic E-state index is 6.16. The topological polar surface area (TPSA) is 43.3 Å². The zero-order valence-corrected chi connectivity index (χ0v) is 21.4. The summed E-state index contributed by atoms with van der Waals surface area (Å²) < 4.78 is 6.16. The number of morpholine rings is 1. The molecule has 1 aromatic carbocycles. The minimum Gasteiger partial charge on any atom is -0.373 e. The van der Waals surface area contributed by atoms with Crippen LogP contribution in [-0.4, -0.2) is 91.8 Å². The first-order valence-electron chi connectivity index (χ1n) is 12.0. The second-order valence-electron chi connectivity index (χ2n) is 8.83. The van der Waals surface area contributed by atoms with E-state index in [1.54, 1.807) is 0 Å². The Morgan fingerprint density at radius 2 is 1.90 bits per heavy atom. The standard InChI is InChI=1S/C24H39N5O.HI/c1-2-25-24(26-12-6-7-13-27-14-8-9-15-27)29-19-22-23(20-29)30-17-16-28(22)18-21-10-4-3-5-11-21;/h3-5,10-11,22-23H,2,6-9,12-20H2,1H3,(H,25,26);1H. The molecule has 174 valence electrons. The largest absolute Gasteiger partial charge is 0.373 e. The van der Waals surface area contributed by atoms with Gasteiger partial charge in [0.05, 0.1) is 18.8 Å². The molecule has 3 saturated heterocycles. The van der Waals surface area contributed by atoms with Crippen LogP contribution in [0.1, 0.15) is 38.2 Å². The maximum Gasteiger partial charge on any atom is 0.194 e. The third-order valence-corrected chi connectivity index (χ3v) is 6.62. The quantitative estimate of drug-likeness (QED) is 0.237. The Bertz CT molecular complexity index is 667. The molecule has 3 fully saturated rings. The summed E-state index contributed by atoms with van der Waals surface area (Å²) in [5.41, 5.74) is 1.38. The number of hydrogen-bond acceptors (Lipinski definition) is 4. The molecule has 4 rings (SSSR count). The Hall–Kier alpha value is -0.900. The van der Waals surface area contributed by atoms with Crippen LogP contribution in [0.25, 0.3) is 0 Å². The molecule has 3 heterocycles. The van der Waals surface area contributed by atoms with Gasteiger partial charge in [0.25, 0.3) is 0 Å². The fourth-order valence-electron chi connectivity index (χ4n) is 5.01. The number of ether oxygens (including phenoxy) is 1. The number of nitrogens with zero attached hydrogens (tertiary/aromatic N) is 4. The zero-order valence-electron chi connectivity index (χ0n) is 19.0. The first-order chi connectivity index (χ1) is 14.8. The molecule has 1 N–H and O–H groups in total. The van der Waals surface area contributed by atoms with Gasteiger partial charge in [-0.05, 0) is 57.8 Å². The number of likely N-dealkylation sites (tertiary alicyclic amines) is 2. The molecular weight excluding hydrogens is 501 g/mol. The summed E-state index contributed by atoms with van der Waals surface area (Å²) in [6, 6.07) is 11.3. The molecule has 3 aliphatic rings. The average molecular weight is 542 g/mol. The van der Waals surface area contributed by atoms with Gasteiger partial charge in [0, 0.05) is 39.3 Å². The molecule has 7 heteroatoms. The summed E-state index contributed by atoms with van der Waals surface area (Å²) in [5, 5.41) is 3.52. The van der Waals surface area contributed by atoms with Gasteiger partial charge in [-0.1, -0.05) is 30.3 Å². The van der Waals surface area contributed by atoms with E-state index in [0.717, 1.165) is 51.8 Å². The van der Waals surface area contributed by atoms with Crippen LogP contribution >= 0.6 is 24.0 Å². The fourth-order valence-corrected chi connectivity index (χ4v) is 5.01. The van der Waals surface area contributed by atoms with Crippen LogP contribution in [0.15, 0.2) is 35.3 Å². The lowest BCUT2D eigenvalue weighted by atomic mass is 10.1. The lowest BCUT2D eigenvalue weighted by Crippen LogP contribution is -2.50. The van der Waals surface area contributed by atoms with E-state index in [2.05, 4.69) is 57.3 Å². The van der Waals surface area contributed by atoms with E-state index in [-0.39, 0.29) is 30.1 Å². The number of hydrogen-bond donors (Lipinski definition) is 1. The lowest BCUT2D eigenvalue weighted by molar-refractivity contribution is -0.0502. The van der Waals surface area contributed by atoms with Crippen LogP contribution in [-0.2, 0) is 11.3 Å².